The van der Waals surface area contributed by atoms with Crippen LogP contribution in [0, 0.1) is 13.8 Å². The third kappa shape index (κ3) is 4.88. The number of hydrogen-bond donors (Lipinski definition) is 2. The van der Waals surface area contributed by atoms with E-state index in [-0.39, 0.29) is 5.91 Å². The number of carbonyl (C=O) groups excluding carboxylic acids is 1. The summed E-state index contributed by atoms with van der Waals surface area (Å²) in [5, 5.41) is 6.33. The number of aromatic nitrogens is 1. The van der Waals surface area contributed by atoms with E-state index in [9.17, 15) is 4.79 Å². The average Bonchev–Trinajstić information content (AvgIpc) is 2.71. The van der Waals surface area contributed by atoms with E-state index in [4.69, 9.17) is 4.74 Å². The highest BCUT2D eigenvalue weighted by molar-refractivity contribution is 5.94. The first kappa shape index (κ1) is 19.4. The van der Waals surface area contributed by atoms with E-state index >= 15 is 0 Å². The van der Waals surface area contributed by atoms with Gasteiger partial charge in [0.25, 0.3) is 5.91 Å². The van der Waals surface area contributed by atoms with Crippen molar-refractivity contribution in [3.63, 3.8) is 0 Å². The van der Waals surface area contributed by atoms with Gasteiger partial charge in [-0.2, -0.15) is 0 Å². The third-order valence-corrected chi connectivity index (χ3v) is 4.58. The summed E-state index contributed by atoms with van der Waals surface area (Å²) in [4.78, 5) is 16.7. The number of amides is 1. The molecule has 2 aromatic carbocycles. The molecule has 5 heteroatoms. The van der Waals surface area contributed by atoms with E-state index in [0.717, 1.165) is 40.2 Å². The minimum absolute atomic E-state index is 0.138. The lowest BCUT2D eigenvalue weighted by Crippen LogP contribution is -2.25. The van der Waals surface area contributed by atoms with Crippen LogP contribution in [0.15, 0.2) is 60.9 Å². The van der Waals surface area contributed by atoms with Crippen molar-refractivity contribution in [2.24, 2.45) is 0 Å². The molecule has 0 spiro atoms. The Bertz CT molecular complexity index is 949. The molecule has 0 radical (unpaired) electrons. The topological polar surface area (TPSA) is 63.2 Å². The number of nitrogens with one attached hydrogen (secondary N) is 2. The molecule has 2 N–H and O–H groups in total. The van der Waals surface area contributed by atoms with Crippen molar-refractivity contribution in [2.75, 3.05) is 19.0 Å². The molecule has 0 atom stereocenters. The second-order valence-electron chi connectivity index (χ2n) is 6.71. The Hall–Kier alpha value is -3.34. The molecule has 144 valence electrons. The number of nitrogens with zero attached hydrogens (tertiary/aromatic N) is 1. The number of ether oxygens (including phenoxy) is 1. The van der Waals surface area contributed by atoms with Crippen LogP contribution in [0.3, 0.4) is 0 Å². The van der Waals surface area contributed by atoms with E-state index in [1.807, 2.05) is 36.4 Å². The number of pyridine rings is 1. The van der Waals surface area contributed by atoms with Crippen LogP contribution in [-0.4, -0.2) is 24.5 Å². The lowest BCUT2D eigenvalue weighted by molar-refractivity contribution is 0.0954. The maximum absolute atomic E-state index is 12.5. The molecular formula is C23H25N3O2. The second-order valence-corrected chi connectivity index (χ2v) is 6.71. The molecule has 1 aromatic heterocycles. The highest BCUT2D eigenvalue weighted by Gasteiger charge is 2.08. The summed E-state index contributed by atoms with van der Waals surface area (Å²) in [5.74, 6) is 0.679. The molecule has 3 aromatic rings. The van der Waals surface area contributed by atoms with E-state index in [2.05, 4.69) is 41.6 Å². The quantitative estimate of drug-likeness (QED) is 0.641. The zero-order valence-corrected chi connectivity index (χ0v) is 16.5. The minimum atomic E-state index is -0.138. The molecule has 1 amide bonds. The maximum Gasteiger partial charge on any atom is 0.252 e. The van der Waals surface area contributed by atoms with Crippen molar-refractivity contribution < 1.29 is 9.53 Å². The van der Waals surface area contributed by atoms with Gasteiger partial charge >= 0.3 is 0 Å². The Labute approximate surface area is 165 Å². The van der Waals surface area contributed by atoms with Gasteiger partial charge in [-0.25, -0.2) is 0 Å². The molecule has 5 nitrogen and oxygen atoms in total. The number of methoxy groups -OCH3 is 1. The minimum Gasteiger partial charge on any atom is -0.497 e. The zero-order chi connectivity index (χ0) is 19.9. The normalized spacial score (nSPS) is 10.4. The number of carbonyl (C=O) groups is 1. The predicted octanol–water partition coefficient (Wildman–Crippen LogP) is 4.42. The number of benzene rings is 2. The van der Waals surface area contributed by atoms with Crippen molar-refractivity contribution in [3.05, 3.63) is 83.2 Å². The van der Waals surface area contributed by atoms with Gasteiger partial charge in [0.1, 0.15) is 5.75 Å². The Kier molecular flexibility index (Phi) is 6.27. The van der Waals surface area contributed by atoms with Crippen molar-refractivity contribution in [3.8, 4) is 5.75 Å². The van der Waals surface area contributed by atoms with Crippen molar-refractivity contribution in [1.29, 1.82) is 0 Å². The molecule has 0 saturated carbocycles. The smallest absolute Gasteiger partial charge is 0.252 e. The molecule has 0 aliphatic heterocycles. The molecule has 3 rings (SSSR count). The van der Waals surface area contributed by atoms with Gasteiger partial charge in [0.05, 0.1) is 24.6 Å². The SMILES string of the molecule is COc1cccc(CCNC(=O)c2cncc(Nc3c(C)cccc3C)c2)c1. The number of hydrogen-bond acceptors (Lipinski definition) is 4. The van der Waals surface area contributed by atoms with Gasteiger partial charge in [-0.1, -0.05) is 30.3 Å². The lowest BCUT2D eigenvalue weighted by Gasteiger charge is -2.13. The van der Waals surface area contributed by atoms with Crippen LogP contribution in [0.25, 0.3) is 0 Å². The summed E-state index contributed by atoms with van der Waals surface area (Å²) in [6, 6.07) is 15.8. The van der Waals surface area contributed by atoms with Crippen LogP contribution in [0.2, 0.25) is 0 Å². The fourth-order valence-electron chi connectivity index (χ4n) is 3.04. The van der Waals surface area contributed by atoms with Crippen molar-refractivity contribution >= 4 is 17.3 Å². The van der Waals surface area contributed by atoms with Crippen LogP contribution in [0.1, 0.15) is 27.0 Å². The van der Waals surface area contributed by atoms with Crippen LogP contribution < -0.4 is 15.4 Å². The first-order valence-electron chi connectivity index (χ1n) is 9.26. The average molecular weight is 375 g/mol. The molecule has 0 saturated heterocycles. The van der Waals surface area contributed by atoms with Crippen LogP contribution in [0.4, 0.5) is 11.4 Å². The molecule has 28 heavy (non-hydrogen) atoms. The number of aryl methyl sites for hydroxylation is 2. The van der Waals surface area contributed by atoms with E-state index < -0.39 is 0 Å². The fraction of sp³-hybridized carbons (Fsp3) is 0.217. The molecular weight excluding hydrogens is 350 g/mol. The number of para-hydroxylation sites is 1. The third-order valence-electron chi connectivity index (χ3n) is 4.58. The van der Waals surface area contributed by atoms with Gasteiger partial charge in [0.15, 0.2) is 0 Å². The first-order chi connectivity index (χ1) is 13.6. The maximum atomic E-state index is 12.5. The Morgan fingerprint density at radius 2 is 1.79 bits per heavy atom. The van der Waals surface area contributed by atoms with Crippen molar-refractivity contribution in [2.45, 2.75) is 20.3 Å². The summed E-state index contributed by atoms with van der Waals surface area (Å²) in [6.45, 7) is 4.65. The van der Waals surface area contributed by atoms with Crippen molar-refractivity contribution in [1.82, 2.24) is 10.3 Å². The molecule has 1 heterocycles. The van der Waals surface area contributed by atoms with Crippen LogP contribution >= 0.6 is 0 Å². The second kappa shape index (κ2) is 9.04. The zero-order valence-electron chi connectivity index (χ0n) is 16.5. The Morgan fingerprint density at radius 1 is 1.04 bits per heavy atom. The number of rotatable bonds is 7. The highest BCUT2D eigenvalue weighted by atomic mass is 16.5. The Balaban J connectivity index is 1.62. The molecule has 0 bridgehead atoms. The molecule has 0 aliphatic rings. The molecule has 0 fully saturated rings. The molecule has 0 aliphatic carbocycles. The first-order valence-corrected chi connectivity index (χ1v) is 9.26. The van der Waals surface area contributed by atoms with Gasteiger partial charge in [0.2, 0.25) is 0 Å². The number of anilines is 2. The van der Waals surface area contributed by atoms with Crippen LogP contribution in [-0.2, 0) is 6.42 Å². The standard InChI is InChI=1S/C23H25N3O2/c1-16-6-4-7-17(2)22(16)26-20-13-19(14-24-15-20)23(27)25-11-10-18-8-5-9-21(12-18)28-3/h4-9,12-15,26H,10-11H2,1-3H3,(H,25,27). The highest BCUT2D eigenvalue weighted by Crippen LogP contribution is 2.24. The van der Waals surface area contributed by atoms with E-state index in [1.165, 1.54) is 0 Å². The monoisotopic (exact) mass is 375 g/mol. The van der Waals surface area contributed by atoms with Gasteiger partial charge in [0, 0.05) is 18.4 Å². The Morgan fingerprint density at radius 3 is 2.54 bits per heavy atom. The summed E-state index contributed by atoms with van der Waals surface area (Å²) in [7, 11) is 1.65. The van der Waals surface area contributed by atoms with Gasteiger partial charge in [-0.05, 0) is 55.2 Å². The summed E-state index contributed by atoms with van der Waals surface area (Å²) in [5.41, 5.74) is 5.77. The summed E-state index contributed by atoms with van der Waals surface area (Å²) < 4.78 is 5.23. The lowest BCUT2D eigenvalue weighted by atomic mass is 10.1. The fourth-order valence-corrected chi connectivity index (χ4v) is 3.04. The largest absolute Gasteiger partial charge is 0.497 e. The van der Waals surface area contributed by atoms with E-state index in [1.54, 1.807) is 19.5 Å². The predicted molar refractivity (Wildman–Crippen MR) is 112 cm³/mol. The molecule has 0 unspecified atom stereocenters. The van der Waals surface area contributed by atoms with Gasteiger partial charge in [-0.3, -0.25) is 9.78 Å². The summed E-state index contributed by atoms with van der Waals surface area (Å²) in [6.07, 6.45) is 4.03. The van der Waals surface area contributed by atoms with E-state index in [0.29, 0.717) is 12.1 Å². The van der Waals surface area contributed by atoms with Gasteiger partial charge in [-0.15, -0.1) is 0 Å². The van der Waals surface area contributed by atoms with Gasteiger partial charge < -0.3 is 15.4 Å². The van der Waals surface area contributed by atoms with Crippen LogP contribution in [0.5, 0.6) is 5.75 Å². The summed E-state index contributed by atoms with van der Waals surface area (Å²) >= 11 is 0.